The first kappa shape index (κ1) is 14.1. The van der Waals surface area contributed by atoms with Gasteiger partial charge in [0.15, 0.2) is 5.65 Å². The lowest BCUT2D eigenvalue weighted by Gasteiger charge is -2.15. The Morgan fingerprint density at radius 2 is 2.00 bits per heavy atom. The van der Waals surface area contributed by atoms with Crippen molar-refractivity contribution in [3.8, 4) is 0 Å². The molecular formula is C13H11Cl2N5O. The van der Waals surface area contributed by atoms with Gasteiger partial charge in [0.25, 0.3) is 0 Å². The van der Waals surface area contributed by atoms with Gasteiger partial charge in [0.1, 0.15) is 12.1 Å². The summed E-state index contributed by atoms with van der Waals surface area (Å²) in [5.41, 5.74) is 1.11. The summed E-state index contributed by atoms with van der Waals surface area (Å²) < 4.78 is 0. The van der Waals surface area contributed by atoms with Crippen molar-refractivity contribution in [2.45, 2.75) is 6.10 Å². The van der Waals surface area contributed by atoms with Crippen molar-refractivity contribution in [2.24, 2.45) is 0 Å². The fraction of sp³-hybridized carbons (Fsp3) is 0.154. The van der Waals surface area contributed by atoms with Gasteiger partial charge in [-0.1, -0.05) is 29.3 Å². The number of rotatable bonds is 4. The van der Waals surface area contributed by atoms with E-state index in [1.54, 1.807) is 24.4 Å². The molecule has 0 saturated heterocycles. The molecule has 3 aromatic rings. The molecule has 21 heavy (non-hydrogen) atoms. The third-order valence-electron chi connectivity index (χ3n) is 3.04. The van der Waals surface area contributed by atoms with Crippen LogP contribution in [0.3, 0.4) is 0 Å². The topological polar surface area (TPSA) is 86.7 Å². The molecule has 0 aliphatic heterocycles. The molecule has 0 spiro atoms. The lowest BCUT2D eigenvalue weighted by Crippen LogP contribution is -2.14. The van der Waals surface area contributed by atoms with Crippen LogP contribution in [-0.2, 0) is 0 Å². The van der Waals surface area contributed by atoms with Crippen LogP contribution >= 0.6 is 23.2 Å². The Morgan fingerprint density at radius 3 is 2.76 bits per heavy atom. The number of aliphatic hydroxyl groups is 1. The van der Waals surface area contributed by atoms with E-state index in [1.165, 1.54) is 6.33 Å². The van der Waals surface area contributed by atoms with Gasteiger partial charge in [-0.15, -0.1) is 0 Å². The molecule has 2 aromatic heterocycles. The molecule has 0 amide bonds. The van der Waals surface area contributed by atoms with Crippen LogP contribution in [0.4, 0.5) is 5.82 Å². The van der Waals surface area contributed by atoms with Crippen molar-refractivity contribution in [3.63, 3.8) is 0 Å². The van der Waals surface area contributed by atoms with E-state index in [4.69, 9.17) is 23.2 Å². The highest BCUT2D eigenvalue weighted by atomic mass is 35.5. The summed E-state index contributed by atoms with van der Waals surface area (Å²) in [7, 11) is 0. The quantitative estimate of drug-likeness (QED) is 0.687. The number of fused-ring (bicyclic) bond motifs is 1. The van der Waals surface area contributed by atoms with Crippen LogP contribution in [0.2, 0.25) is 10.0 Å². The number of aromatic nitrogens is 4. The molecular weight excluding hydrogens is 313 g/mol. The van der Waals surface area contributed by atoms with Crippen LogP contribution in [0.5, 0.6) is 0 Å². The molecule has 1 aromatic carbocycles. The minimum Gasteiger partial charge on any atom is -0.386 e. The molecule has 0 fully saturated rings. The summed E-state index contributed by atoms with van der Waals surface area (Å²) in [6.45, 7) is 0.209. The van der Waals surface area contributed by atoms with Crippen molar-refractivity contribution >= 4 is 40.1 Å². The van der Waals surface area contributed by atoms with Crippen molar-refractivity contribution in [3.05, 3.63) is 46.3 Å². The van der Waals surface area contributed by atoms with Gasteiger partial charge in [0, 0.05) is 22.2 Å². The molecule has 0 aliphatic carbocycles. The average Bonchev–Trinajstić information content (AvgIpc) is 2.93. The largest absolute Gasteiger partial charge is 0.386 e. The molecule has 0 aliphatic rings. The zero-order chi connectivity index (χ0) is 14.8. The molecule has 2 heterocycles. The number of nitrogens with one attached hydrogen (secondary N) is 2. The van der Waals surface area contributed by atoms with Gasteiger partial charge in [0.05, 0.1) is 17.7 Å². The van der Waals surface area contributed by atoms with Crippen molar-refractivity contribution in [1.82, 2.24) is 20.2 Å². The van der Waals surface area contributed by atoms with Gasteiger partial charge < -0.3 is 10.4 Å². The Kier molecular flexibility index (Phi) is 3.92. The fourth-order valence-electron chi connectivity index (χ4n) is 2.03. The standard InChI is InChI=1S/C13H11Cl2N5O/c14-8-2-1-3-9(15)11(8)10(21)5-16-12-7-4-19-20-13(7)18-6-17-12/h1-4,6,10,21H,5H2,(H2,16,17,18,19,20). The van der Waals surface area contributed by atoms with E-state index in [0.717, 1.165) is 5.39 Å². The summed E-state index contributed by atoms with van der Waals surface area (Å²) in [5.74, 6) is 0.580. The highest BCUT2D eigenvalue weighted by Gasteiger charge is 2.16. The van der Waals surface area contributed by atoms with Crippen LogP contribution in [-0.4, -0.2) is 31.8 Å². The summed E-state index contributed by atoms with van der Waals surface area (Å²) in [6, 6.07) is 5.10. The number of anilines is 1. The lowest BCUT2D eigenvalue weighted by molar-refractivity contribution is 0.192. The van der Waals surface area contributed by atoms with Crippen LogP contribution in [0, 0.1) is 0 Å². The number of benzene rings is 1. The molecule has 0 bridgehead atoms. The number of aliphatic hydroxyl groups excluding tert-OH is 1. The number of aromatic amines is 1. The van der Waals surface area contributed by atoms with Crippen LogP contribution in [0.1, 0.15) is 11.7 Å². The monoisotopic (exact) mass is 323 g/mol. The van der Waals surface area contributed by atoms with Gasteiger partial charge in [-0.05, 0) is 12.1 Å². The molecule has 1 atom stereocenters. The average molecular weight is 324 g/mol. The summed E-state index contributed by atoms with van der Waals surface area (Å²) >= 11 is 12.1. The summed E-state index contributed by atoms with van der Waals surface area (Å²) in [6.07, 6.45) is 2.17. The smallest absolute Gasteiger partial charge is 0.160 e. The van der Waals surface area contributed by atoms with E-state index < -0.39 is 6.10 Å². The first-order chi connectivity index (χ1) is 10.2. The van der Waals surface area contributed by atoms with Crippen LogP contribution < -0.4 is 5.32 Å². The van der Waals surface area contributed by atoms with E-state index >= 15 is 0 Å². The lowest BCUT2D eigenvalue weighted by atomic mass is 10.1. The Bertz CT molecular complexity index is 756. The van der Waals surface area contributed by atoms with E-state index in [9.17, 15) is 5.11 Å². The first-order valence-electron chi connectivity index (χ1n) is 6.16. The van der Waals surface area contributed by atoms with Crippen molar-refractivity contribution < 1.29 is 5.11 Å². The second-order valence-corrected chi connectivity index (χ2v) is 5.20. The minimum atomic E-state index is -0.858. The van der Waals surface area contributed by atoms with Gasteiger partial charge in [-0.3, -0.25) is 5.10 Å². The van der Waals surface area contributed by atoms with E-state index in [0.29, 0.717) is 27.1 Å². The molecule has 3 rings (SSSR count). The third-order valence-corrected chi connectivity index (χ3v) is 3.70. The normalized spacial score (nSPS) is 12.5. The van der Waals surface area contributed by atoms with Gasteiger partial charge in [-0.2, -0.15) is 5.10 Å². The van der Waals surface area contributed by atoms with Gasteiger partial charge >= 0.3 is 0 Å². The third kappa shape index (κ3) is 2.78. The second kappa shape index (κ2) is 5.85. The number of halogens is 2. The second-order valence-electron chi connectivity index (χ2n) is 4.39. The molecule has 108 valence electrons. The van der Waals surface area contributed by atoms with Crippen LogP contribution in [0.15, 0.2) is 30.7 Å². The fourth-order valence-corrected chi connectivity index (χ4v) is 2.68. The number of H-pyrrole nitrogens is 1. The van der Waals surface area contributed by atoms with Gasteiger partial charge in [0.2, 0.25) is 0 Å². The highest BCUT2D eigenvalue weighted by molar-refractivity contribution is 6.36. The minimum absolute atomic E-state index is 0.209. The number of hydrogen-bond acceptors (Lipinski definition) is 5. The van der Waals surface area contributed by atoms with Gasteiger partial charge in [-0.25, -0.2) is 9.97 Å². The first-order valence-corrected chi connectivity index (χ1v) is 6.92. The predicted octanol–water partition coefficient (Wildman–Crippen LogP) is 2.81. The molecule has 0 saturated carbocycles. The maximum Gasteiger partial charge on any atom is 0.160 e. The maximum atomic E-state index is 10.3. The summed E-state index contributed by atoms with van der Waals surface area (Å²) in [5, 5.41) is 21.6. The molecule has 0 radical (unpaired) electrons. The Labute approximate surface area is 130 Å². The molecule has 3 N–H and O–H groups in total. The zero-order valence-corrected chi connectivity index (χ0v) is 12.2. The number of hydrogen-bond donors (Lipinski definition) is 3. The Hall–Kier alpha value is -1.89. The number of nitrogens with zero attached hydrogens (tertiary/aromatic N) is 3. The van der Waals surface area contributed by atoms with E-state index in [2.05, 4.69) is 25.5 Å². The van der Waals surface area contributed by atoms with E-state index in [1.807, 2.05) is 0 Å². The summed E-state index contributed by atoms with van der Waals surface area (Å²) in [4.78, 5) is 8.17. The van der Waals surface area contributed by atoms with Crippen molar-refractivity contribution in [2.75, 3.05) is 11.9 Å². The SMILES string of the molecule is OC(CNc1ncnc2[nH]ncc12)c1c(Cl)cccc1Cl. The molecule has 1 unspecified atom stereocenters. The molecule has 6 nitrogen and oxygen atoms in total. The van der Waals surface area contributed by atoms with E-state index in [-0.39, 0.29) is 6.54 Å². The highest BCUT2D eigenvalue weighted by Crippen LogP contribution is 2.30. The predicted molar refractivity (Wildman–Crippen MR) is 81.6 cm³/mol. The Balaban J connectivity index is 1.80. The molecule has 8 heteroatoms. The van der Waals surface area contributed by atoms with Crippen molar-refractivity contribution in [1.29, 1.82) is 0 Å². The maximum absolute atomic E-state index is 10.3. The van der Waals surface area contributed by atoms with Crippen LogP contribution in [0.25, 0.3) is 11.0 Å². The Morgan fingerprint density at radius 1 is 1.24 bits per heavy atom. The zero-order valence-electron chi connectivity index (χ0n) is 10.7.